The normalized spacial score (nSPS) is 17.1. The lowest BCUT2D eigenvalue weighted by molar-refractivity contribution is 0.245. The highest BCUT2D eigenvalue weighted by atomic mass is 35.5. The monoisotopic (exact) mass is 257 g/mol. The summed E-state index contributed by atoms with van der Waals surface area (Å²) in [5.41, 5.74) is 0.848. The van der Waals surface area contributed by atoms with E-state index in [2.05, 4.69) is 5.32 Å². The standard InChI is InChI=1S/C13H17ClFNO/c14-11-3-1-2-10(12(11)15)8-16-9-13(4-5-13)6-7-17/h1-3,16-17H,4-9H2. The third-order valence-electron chi connectivity index (χ3n) is 3.45. The summed E-state index contributed by atoms with van der Waals surface area (Å²) in [5.74, 6) is -0.339. The van der Waals surface area contributed by atoms with Crippen molar-refractivity contribution in [1.82, 2.24) is 5.32 Å². The summed E-state index contributed by atoms with van der Waals surface area (Å²) in [7, 11) is 0. The van der Waals surface area contributed by atoms with Crippen LogP contribution < -0.4 is 5.32 Å². The predicted octanol–water partition coefficient (Wildman–Crippen LogP) is 2.73. The molecule has 1 aromatic carbocycles. The second-order valence-corrected chi connectivity index (χ2v) is 5.20. The number of aliphatic hydroxyl groups excluding tert-OH is 1. The first kappa shape index (κ1) is 12.8. The average Bonchev–Trinajstić information content (AvgIpc) is 3.05. The van der Waals surface area contributed by atoms with E-state index < -0.39 is 0 Å². The molecule has 0 bridgehead atoms. The topological polar surface area (TPSA) is 32.3 Å². The molecule has 1 aliphatic rings. The van der Waals surface area contributed by atoms with Gasteiger partial charge in [-0.05, 0) is 30.7 Å². The molecule has 0 radical (unpaired) electrons. The number of hydrogen-bond acceptors (Lipinski definition) is 2. The van der Waals surface area contributed by atoms with Crippen molar-refractivity contribution in [1.29, 1.82) is 0 Å². The molecular weight excluding hydrogens is 241 g/mol. The second-order valence-electron chi connectivity index (χ2n) is 4.79. The second kappa shape index (κ2) is 5.34. The molecule has 2 N–H and O–H groups in total. The van der Waals surface area contributed by atoms with E-state index in [1.165, 1.54) is 0 Å². The van der Waals surface area contributed by atoms with Crippen molar-refractivity contribution >= 4 is 11.6 Å². The Morgan fingerprint density at radius 1 is 1.41 bits per heavy atom. The van der Waals surface area contributed by atoms with E-state index >= 15 is 0 Å². The van der Waals surface area contributed by atoms with Crippen LogP contribution in [0.2, 0.25) is 5.02 Å². The van der Waals surface area contributed by atoms with Crippen LogP contribution >= 0.6 is 11.6 Å². The van der Waals surface area contributed by atoms with Crippen LogP contribution in [0.3, 0.4) is 0 Å². The van der Waals surface area contributed by atoms with Gasteiger partial charge in [0, 0.05) is 25.3 Å². The Morgan fingerprint density at radius 2 is 2.18 bits per heavy atom. The number of aliphatic hydroxyl groups is 1. The van der Waals surface area contributed by atoms with Gasteiger partial charge in [-0.25, -0.2) is 4.39 Å². The largest absolute Gasteiger partial charge is 0.396 e. The van der Waals surface area contributed by atoms with Gasteiger partial charge in [-0.15, -0.1) is 0 Å². The van der Waals surface area contributed by atoms with Crippen LogP contribution in [0.1, 0.15) is 24.8 Å². The third-order valence-corrected chi connectivity index (χ3v) is 3.74. The lowest BCUT2D eigenvalue weighted by Gasteiger charge is -2.14. The van der Waals surface area contributed by atoms with Crippen molar-refractivity contribution in [2.45, 2.75) is 25.8 Å². The maximum Gasteiger partial charge on any atom is 0.146 e. The maximum atomic E-state index is 13.6. The zero-order valence-electron chi connectivity index (χ0n) is 9.68. The molecule has 1 aromatic rings. The smallest absolute Gasteiger partial charge is 0.146 e. The quantitative estimate of drug-likeness (QED) is 0.821. The van der Waals surface area contributed by atoms with Gasteiger partial charge < -0.3 is 10.4 Å². The van der Waals surface area contributed by atoms with E-state index in [4.69, 9.17) is 16.7 Å². The molecule has 94 valence electrons. The van der Waals surface area contributed by atoms with Gasteiger partial charge >= 0.3 is 0 Å². The first-order valence-electron chi connectivity index (χ1n) is 5.91. The van der Waals surface area contributed by atoms with Gasteiger partial charge in [-0.3, -0.25) is 0 Å². The lowest BCUT2D eigenvalue weighted by atomic mass is 10.0. The molecular formula is C13H17ClFNO. The van der Waals surface area contributed by atoms with Crippen molar-refractivity contribution in [2.75, 3.05) is 13.2 Å². The molecule has 0 unspecified atom stereocenters. The number of nitrogens with one attached hydrogen (secondary N) is 1. The zero-order valence-corrected chi connectivity index (χ0v) is 10.4. The van der Waals surface area contributed by atoms with Gasteiger partial charge in [-0.2, -0.15) is 0 Å². The molecule has 0 amide bonds. The average molecular weight is 258 g/mol. The van der Waals surface area contributed by atoms with Crippen molar-refractivity contribution in [2.24, 2.45) is 5.41 Å². The van der Waals surface area contributed by atoms with Gasteiger partial charge in [0.05, 0.1) is 5.02 Å². The number of hydrogen-bond donors (Lipinski definition) is 2. The van der Waals surface area contributed by atoms with Crippen LogP contribution in [0.4, 0.5) is 4.39 Å². The highest BCUT2D eigenvalue weighted by Gasteiger charge is 2.41. The van der Waals surface area contributed by atoms with E-state index in [1.807, 2.05) is 0 Å². The summed E-state index contributed by atoms with van der Waals surface area (Å²) in [5, 5.41) is 12.3. The maximum absolute atomic E-state index is 13.6. The van der Waals surface area contributed by atoms with Crippen molar-refractivity contribution < 1.29 is 9.50 Å². The minimum absolute atomic E-state index is 0.167. The molecule has 0 aliphatic heterocycles. The summed E-state index contributed by atoms with van der Waals surface area (Å²) in [6.45, 7) is 1.55. The van der Waals surface area contributed by atoms with Crippen molar-refractivity contribution in [3.8, 4) is 0 Å². The Morgan fingerprint density at radius 3 is 2.82 bits per heavy atom. The fourth-order valence-corrected chi connectivity index (χ4v) is 2.27. The lowest BCUT2D eigenvalue weighted by Crippen LogP contribution is -2.24. The first-order valence-corrected chi connectivity index (χ1v) is 6.29. The van der Waals surface area contributed by atoms with Gasteiger partial charge in [0.25, 0.3) is 0 Å². The van der Waals surface area contributed by atoms with Crippen LogP contribution in [0.15, 0.2) is 18.2 Å². The Kier molecular flexibility index (Phi) is 4.02. The molecule has 4 heteroatoms. The molecule has 2 nitrogen and oxygen atoms in total. The molecule has 1 aliphatic carbocycles. The summed E-state index contributed by atoms with van der Waals surface area (Å²) in [6, 6.07) is 5.04. The van der Waals surface area contributed by atoms with Gasteiger partial charge in [0.2, 0.25) is 0 Å². The molecule has 2 rings (SSSR count). The Labute approximate surface area is 106 Å². The SMILES string of the molecule is OCCC1(CNCc2cccc(Cl)c2F)CC1. The summed E-state index contributed by atoms with van der Waals surface area (Å²) in [4.78, 5) is 0. The third kappa shape index (κ3) is 3.18. The van der Waals surface area contributed by atoms with Crippen molar-refractivity contribution in [3.05, 3.63) is 34.6 Å². The predicted molar refractivity (Wildman–Crippen MR) is 66.5 cm³/mol. The van der Waals surface area contributed by atoms with Gasteiger partial charge in [0.15, 0.2) is 0 Å². The van der Waals surface area contributed by atoms with Crippen LogP contribution in [0.25, 0.3) is 0 Å². The highest BCUT2D eigenvalue weighted by Crippen LogP contribution is 2.47. The zero-order chi connectivity index (χ0) is 12.3. The van der Waals surface area contributed by atoms with E-state index in [9.17, 15) is 4.39 Å². The molecule has 0 spiro atoms. The molecule has 0 atom stereocenters. The van der Waals surface area contributed by atoms with Crippen molar-refractivity contribution in [3.63, 3.8) is 0 Å². The van der Waals surface area contributed by atoms with Crippen LogP contribution in [-0.4, -0.2) is 18.3 Å². The van der Waals surface area contributed by atoms with Crippen LogP contribution in [-0.2, 0) is 6.54 Å². The molecule has 0 saturated heterocycles. The van der Waals surface area contributed by atoms with Crippen LogP contribution in [0, 0.1) is 11.2 Å². The van der Waals surface area contributed by atoms with Crippen LogP contribution in [0.5, 0.6) is 0 Å². The molecule has 0 heterocycles. The summed E-state index contributed by atoms with van der Waals surface area (Å²) in [6.07, 6.45) is 3.13. The number of benzene rings is 1. The molecule has 1 fully saturated rings. The summed E-state index contributed by atoms with van der Waals surface area (Å²) >= 11 is 5.71. The number of halogens is 2. The highest BCUT2D eigenvalue weighted by molar-refractivity contribution is 6.30. The Hall–Kier alpha value is -0.640. The number of rotatable bonds is 6. The minimum Gasteiger partial charge on any atom is -0.396 e. The fourth-order valence-electron chi connectivity index (χ4n) is 2.08. The van der Waals surface area contributed by atoms with Gasteiger partial charge in [0.1, 0.15) is 5.82 Å². The van der Waals surface area contributed by atoms with Gasteiger partial charge in [-0.1, -0.05) is 23.7 Å². The van der Waals surface area contributed by atoms with E-state index in [-0.39, 0.29) is 22.9 Å². The molecule has 17 heavy (non-hydrogen) atoms. The minimum atomic E-state index is -0.339. The first-order chi connectivity index (χ1) is 8.17. The van der Waals surface area contributed by atoms with E-state index in [0.29, 0.717) is 12.1 Å². The Bertz CT molecular complexity index is 393. The summed E-state index contributed by atoms with van der Waals surface area (Å²) < 4.78 is 13.6. The molecule has 1 saturated carbocycles. The van der Waals surface area contributed by atoms with E-state index in [0.717, 1.165) is 25.8 Å². The fraction of sp³-hybridized carbons (Fsp3) is 0.538. The molecule has 0 aromatic heterocycles. The van der Waals surface area contributed by atoms with E-state index in [1.54, 1.807) is 18.2 Å². The Balaban J connectivity index is 1.84.